The lowest BCUT2D eigenvalue weighted by Gasteiger charge is -2.31. The van der Waals surface area contributed by atoms with E-state index in [1.807, 2.05) is 6.92 Å². The van der Waals surface area contributed by atoms with Crippen LogP contribution in [0.15, 0.2) is 0 Å². The Balaban J connectivity index is 2.04. The van der Waals surface area contributed by atoms with E-state index < -0.39 is 0 Å². The van der Waals surface area contributed by atoms with Crippen LogP contribution < -0.4 is 0 Å². The first-order valence-corrected chi connectivity index (χ1v) is 6.36. The molecule has 2 rings (SSSR count). The van der Waals surface area contributed by atoms with Gasteiger partial charge in [0.05, 0.1) is 13.2 Å². The van der Waals surface area contributed by atoms with Gasteiger partial charge in [0, 0.05) is 12.5 Å². The number of nitrogens with one attached hydrogen (secondary N) is 1. The molecule has 1 aromatic heterocycles. The summed E-state index contributed by atoms with van der Waals surface area (Å²) in [5.74, 6) is 2.53. The maximum Gasteiger partial charge on any atom is 0.195 e. The van der Waals surface area contributed by atoms with Crippen LogP contribution in [0.1, 0.15) is 38.4 Å². The molecule has 1 aromatic rings. The highest BCUT2D eigenvalue weighted by Gasteiger charge is 2.30. The standard InChI is InChI=1S/C11H19N3OS/c1-3-15-5-4-14-10(12-13-11(14)16)9-6-8(2)7-9/h8-9H,3-7H2,1-2H3,(H,13,16). The Hall–Kier alpha value is -0.680. The average molecular weight is 241 g/mol. The van der Waals surface area contributed by atoms with Gasteiger partial charge in [-0.25, -0.2) is 0 Å². The number of aromatic amines is 1. The van der Waals surface area contributed by atoms with Crippen molar-refractivity contribution in [2.75, 3.05) is 13.2 Å². The largest absolute Gasteiger partial charge is 0.380 e. The quantitative estimate of drug-likeness (QED) is 0.636. The third-order valence-electron chi connectivity index (χ3n) is 3.19. The van der Waals surface area contributed by atoms with Crippen molar-refractivity contribution < 1.29 is 4.74 Å². The Labute approximate surface area is 101 Å². The lowest BCUT2D eigenvalue weighted by molar-refractivity contribution is 0.136. The van der Waals surface area contributed by atoms with Gasteiger partial charge in [-0.1, -0.05) is 6.92 Å². The van der Waals surface area contributed by atoms with Crippen molar-refractivity contribution in [3.63, 3.8) is 0 Å². The Morgan fingerprint density at radius 1 is 1.56 bits per heavy atom. The number of ether oxygens (including phenoxy) is 1. The number of hydrogen-bond donors (Lipinski definition) is 1. The van der Waals surface area contributed by atoms with Gasteiger partial charge in [-0.2, -0.15) is 5.10 Å². The number of rotatable bonds is 5. The van der Waals surface area contributed by atoms with Gasteiger partial charge in [-0.3, -0.25) is 5.10 Å². The van der Waals surface area contributed by atoms with Crippen LogP contribution in [0.3, 0.4) is 0 Å². The molecule has 1 saturated carbocycles. The van der Waals surface area contributed by atoms with Crippen molar-refractivity contribution in [3.05, 3.63) is 10.6 Å². The molecule has 0 unspecified atom stereocenters. The Morgan fingerprint density at radius 2 is 2.31 bits per heavy atom. The zero-order valence-corrected chi connectivity index (χ0v) is 10.7. The van der Waals surface area contributed by atoms with Gasteiger partial charge in [0.2, 0.25) is 0 Å². The number of H-pyrrole nitrogens is 1. The number of aromatic nitrogens is 3. The van der Waals surface area contributed by atoms with E-state index in [-0.39, 0.29) is 0 Å². The van der Waals surface area contributed by atoms with Gasteiger partial charge in [0.25, 0.3) is 0 Å². The minimum absolute atomic E-state index is 0.588. The molecule has 1 aliphatic rings. The maximum absolute atomic E-state index is 5.36. The molecule has 0 radical (unpaired) electrons. The molecule has 16 heavy (non-hydrogen) atoms. The lowest BCUT2D eigenvalue weighted by Crippen LogP contribution is -2.23. The fourth-order valence-electron chi connectivity index (χ4n) is 2.27. The summed E-state index contributed by atoms with van der Waals surface area (Å²) in [5.41, 5.74) is 0. The summed E-state index contributed by atoms with van der Waals surface area (Å²) in [6.45, 7) is 6.55. The monoisotopic (exact) mass is 241 g/mol. The maximum atomic E-state index is 5.36. The van der Waals surface area contributed by atoms with E-state index in [0.29, 0.717) is 17.3 Å². The molecule has 1 fully saturated rings. The van der Waals surface area contributed by atoms with E-state index in [1.54, 1.807) is 0 Å². The average Bonchev–Trinajstić information content (AvgIpc) is 2.57. The minimum Gasteiger partial charge on any atom is -0.380 e. The van der Waals surface area contributed by atoms with Crippen molar-refractivity contribution in [1.29, 1.82) is 0 Å². The molecule has 0 aliphatic heterocycles. The van der Waals surface area contributed by atoms with Crippen LogP contribution in [-0.2, 0) is 11.3 Å². The third-order valence-corrected chi connectivity index (χ3v) is 3.50. The molecule has 0 saturated heterocycles. The molecule has 5 heteroatoms. The molecule has 1 heterocycles. The fraction of sp³-hybridized carbons (Fsp3) is 0.818. The van der Waals surface area contributed by atoms with E-state index >= 15 is 0 Å². The van der Waals surface area contributed by atoms with Crippen LogP contribution in [-0.4, -0.2) is 28.0 Å². The van der Waals surface area contributed by atoms with E-state index in [4.69, 9.17) is 17.0 Å². The molecule has 0 aromatic carbocycles. The molecule has 1 N–H and O–H groups in total. The Kier molecular flexibility index (Phi) is 3.76. The molecule has 4 nitrogen and oxygen atoms in total. The zero-order valence-electron chi connectivity index (χ0n) is 9.90. The molecule has 0 amide bonds. The van der Waals surface area contributed by atoms with E-state index in [0.717, 1.165) is 24.9 Å². The second kappa shape index (κ2) is 5.10. The molecule has 0 spiro atoms. The van der Waals surface area contributed by atoms with Crippen LogP contribution in [0.2, 0.25) is 0 Å². The van der Waals surface area contributed by atoms with Crippen molar-refractivity contribution in [3.8, 4) is 0 Å². The summed E-state index contributed by atoms with van der Waals surface area (Å²) < 4.78 is 8.16. The van der Waals surface area contributed by atoms with Gasteiger partial charge < -0.3 is 9.30 Å². The van der Waals surface area contributed by atoms with Gasteiger partial charge in [-0.15, -0.1) is 0 Å². The first-order chi connectivity index (χ1) is 7.72. The van der Waals surface area contributed by atoms with E-state index in [2.05, 4.69) is 21.7 Å². The lowest BCUT2D eigenvalue weighted by atomic mass is 9.76. The third kappa shape index (κ3) is 2.35. The Morgan fingerprint density at radius 3 is 2.94 bits per heavy atom. The van der Waals surface area contributed by atoms with Crippen LogP contribution in [0, 0.1) is 10.7 Å². The summed E-state index contributed by atoms with van der Waals surface area (Å²) in [6.07, 6.45) is 2.46. The first-order valence-electron chi connectivity index (χ1n) is 5.95. The first kappa shape index (κ1) is 11.8. The normalized spacial score (nSPS) is 24.4. The van der Waals surface area contributed by atoms with Gasteiger partial charge in [-0.05, 0) is 37.9 Å². The highest BCUT2D eigenvalue weighted by molar-refractivity contribution is 7.71. The molecular formula is C11H19N3OS. The topological polar surface area (TPSA) is 42.8 Å². The summed E-state index contributed by atoms with van der Waals surface area (Å²) in [4.78, 5) is 0. The van der Waals surface area contributed by atoms with Crippen LogP contribution in [0.4, 0.5) is 0 Å². The minimum atomic E-state index is 0.588. The Bertz CT molecular complexity index is 392. The summed E-state index contributed by atoms with van der Waals surface area (Å²) in [6, 6.07) is 0. The number of nitrogens with zero attached hydrogens (tertiary/aromatic N) is 2. The molecular weight excluding hydrogens is 222 g/mol. The second-order valence-electron chi connectivity index (χ2n) is 4.51. The molecule has 90 valence electrons. The van der Waals surface area contributed by atoms with Crippen molar-refractivity contribution in [2.24, 2.45) is 5.92 Å². The van der Waals surface area contributed by atoms with Crippen LogP contribution in [0.5, 0.6) is 0 Å². The molecule has 0 atom stereocenters. The molecule has 0 bridgehead atoms. The SMILES string of the molecule is CCOCCn1c(C2CC(C)C2)n[nH]c1=S. The molecule has 1 aliphatic carbocycles. The smallest absolute Gasteiger partial charge is 0.195 e. The van der Waals surface area contributed by atoms with E-state index in [1.165, 1.54) is 12.8 Å². The predicted molar refractivity (Wildman–Crippen MR) is 65.0 cm³/mol. The highest BCUT2D eigenvalue weighted by atomic mass is 32.1. The van der Waals surface area contributed by atoms with Gasteiger partial charge in [0.1, 0.15) is 5.82 Å². The second-order valence-corrected chi connectivity index (χ2v) is 4.90. The van der Waals surface area contributed by atoms with Gasteiger partial charge in [0.15, 0.2) is 4.77 Å². The van der Waals surface area contributed by atoms with E-state index in [9.17, 15) is 0 Å². The summed E-state index contributed by atoms with van der Waals surface area (Å²) >= 11 is 5.23. The summed E-state index contributed by atoms with van der Waals surface area (Å²) in [7, 11) is 0. The van der Waals surface area contributed by atoms with Crippen LogP contribution in [0.25, 0.3) is 0 Å². The van der Waals surface area contributed by atoms with Crippen molar-refractivity contribution in [2.45, 2.75) is 39.2 Å². The fourth-order valence-corrected chi connectivity index (χ4v) is 2.50. The predicted octanol–water partition coefficient (Wildman–Crippen LogP) is 2.49. The van der Waals surface area contributed by atoms with Crippen molar-refractivity contribution in [1.82, 2.24) is 14.8 Å². The zero-order chi connectivity index (χ0) is 11.5. The van der Waals surface area contributed by atoms with Crippen LogP contribution >= 0.6 is 12.2 Å². The highest BCUT2D eigenvalue weighted by Crippen LogP contribution is 2.40. The van der Waals surface area contributed by atoms with Gasteiger partial charge >= 0.3 is 0 Å². The number of hydrogen-bond acceptors (Lipinski definition) is 3. The summed E-state index contributed by atoms with van der Waals surface area (Å²) in [5, 5.41) is 7.23. The van der Waals surface area contributed by atoms with Crippen molar-refractivity contribution >= 4 is 12.2 Å².